The number of aromatic nitrogens is 3. The monoisotopic (exact) mass is 502 g/mol. The van der Waals surface area contributed by atoms with E-state index in [4.69, 9.17) is 4.74 Å². The molecule has 1 amide bonds. The number of hydrogen-bond acceptors (Lipinski definition) is 6. The number of pyridine rings is 1. The first-order valence-electron chi connectivity index (χ1n) is 13.2. The zero-order valence-electron chi connectivity index (χ0n) is 21.8. The highest BCUT2D eigenvalue weighted by atomic mass is 16.5. The van der Waals surface area contributed by atoms with Crippen molar-refractivity contribution in [1.29, 1.82) is 0 Å². The van der Waals surface area contributed by atoms with Gasteiger partial charge in [-0.05, 0) is 86.5 Å². The molecular weight excluding hydrogens is 464 g/mol. The highest BCUT2D eigenvalue weighted by molar-refractivity contribution is 5.87. The van der Waals surface area contributed by atoms with Crippen LogP contribution < -0.4 is 15.4 Å². The van der Waals surface area contributed by atoms with Crippen molar-refractivity contribution in [1.82, 2.24) is 25.0 Å². The van der Waals surface area contributed by atoms with Gasteiger partial charge in [0.05, 0.1) is 11.9 Å². The molecule has 3 aromatic rings. The first-order chi connectivity index (χ1) is 18.0. The molecule has 5 heterocycles. The minimum atomic E-state index is 0. The number of fused-ring (bicyclic) bond motifs is 2. The van der Waals surface area contributed by atoms with Crippen LogP contribution in [0.5, 0.6) is 5.75 Å². The van der Waals surface area contributed by atoms with Crippen LogP contribution in [0.1, 0.15) is 49.7 Å². The van der Waals surface area contributed by atoms with Crippen molar-refractivity contribution in [2.75, 3.05) is 31.5 Å². The van der Waals surface area contributed by atoms with Gasteiger partial charge in [0.1, 0.15) is 18.2 Å². The number of nitrogens with one attached hydrogen (secondary N) is 2. The van der Waals surface area contributed by atoms with E-state index in [2.05, 4.69) is 46.4 Å². The number of anilines is 2. The number of carbonyl (C=O) groups excluding carboxylic acids is 1. The molecule has 2 fully saturated rings. The third kappa shape index (κ3) is 5.54. The molecule has 37 heavy (non-hydrogen) atoms. The van der Waals surface area contributed by atoms with E-state index >= 15 is 0 Å². The average Bonchev–Trinajstić information content (AvgIpc) is 3.57. The second kappa shape index (κ2) is 11.2. The second-order valence-corrected chi connectivity index (χ2v) is 9.98. The predicted octanol–water partition coefficient (Wildman–Crippen LogP) is 4.93. The number of hydrogen-bond donors (Lipinski definition) is 2. The highest BCUT2D eigenvalue weighted by Gasteiger charge is 2.23. The molecule has 0 saturated carbocycles. The fourth-order valence-electron chi connectivity index (χ4n) is 5.39. The van der Waals surface area contributed by atoms with Gasteiger partial charge in [-0.2, -0.15) is 5.10 Å². The Morgan fingerprint density at radius 1 is 1.24 bits per heavy atom. The Kier molecular flexibility index (Phi) is 7.55. The average molecular weight is 503 g/mol. The van der Waals surface area contributed by atoms with Crippen LogP contribution in [0.4, 0.5) is 11.5 Å². The molecule has 0 aliphatic carbocycles. The highest BCUT2D eigenvalue weighted by Crippen LogP contribution is 2.41. The van der Waals surface area contributed by atoms with Crippen molar-refractivity contribution in [2.45, 2.75) is 45.1 Å². The summed E-state index contributed by atoms with van der Waals surface area (Å²) in [6.45, 7) is 10.1. The molecule has 0 radical (unpaired) electrons. The van der Waals surface area contributed by atoms with Crippen molar-refractivity contribution in [3.8, 4) is 16.9 Å². The quantitative estimate of drug-likeness (QED) is 0.494. The summed E-state index contributed by atoms with van der Waals surface area (Å²) in [5, 5.41) is 11.3. The van der Waals surface area contributed by atoms with E-state index in [1.54, 1.807) is 0 Å². The van der Waals surface area contributed by atoms with Crippen molar-refractivity contribution in [3.05, 3.63) is 66.1 Å². The Morgan fingerprint density at radius 2 is 2.03 bits per heavy atom. The number of amides is 1. The van der Waals surface area contributed by atoms with Gasteiger partial charge in [-0.3, -0.25) is 9.48 Å². The van der Waals surface area contributed by atoms with Crippen LogP contribution in [0.25, 0.3) is 11.1 Å². The fraction of sp³-hybridized carbons (Fsp3) is 0.414. The third-order valence-corrected chi connectivity index (χ3v) is 7.39. The Balaban J connectivity index is 0.000000288. The normalized spacial score (nSPS) is 16.9. The Bertz CT molecular complexity index is 1280. The molecule has 2 N–H and O–H groups in total. The number of piperidine rings is 1. The molecule has 0 unspecified atom stereocenters. The second-order valence-electron chi connectivity index (χ2n) is 9.98. The summed E-state index contributed by atoms with van der Waals surface area (Å²) in [6.07, 6.45) is 11.8. The van der Waals surface area contributed by atoms with Gasteiger partial charge in [0.2, 0.25) is 5.91 Å². The van der Waals surface area contributed by atoms with Gasteiger partial charge < -0.3 is 20.3 Å². The summed E-state index contributed by atoms with van der Waals surface area (Å²) < 4.78 is 8.09. The number of aryl methyl sites for hydroxylation is 2. The van der Waals surface area contributed by atoms with Gasteiger partial charge in [-0.1, -0.05) is 12.6 Å². The third-order valence-electron chi connectivity index (χ3n) is 7.39. The molecule has 196 valence electrons. The maximum Gasteiger partial charge on any atom is 0.245 e. The van der Waals surface area contributed by atoms with Crippen LogP contribution in [-0.2, 0) is 18.4 Å². The van der Waals surface area contributed by atoms with Crippen molar-refractivity contribution in [2.24, 2.45) is 7.05 Å². The molecule has 3 aliphatic rings. The molecule has 0 atom stereocenters. The smallest absolute Gasteiger partial charge is 0.245 e. The van der Waals surface area contributed by atoms with Gasteiger partial charge in [-0.25, -0.2) is 4.98 Å². The molecule has 1 aromatic carbocycles. The van der Waals surface area contributed by atoms with Crippen molar-refractivity contribution in [3.63, 3.8) is 0 Å². The van der Waals surface area contributed by atoms with Crippen LogP contribution in [0.3, 0.4) is 0 Å². The summed E-state index contributed by atoms with van der Waals surface area (Å²) in [7, 11) is 1.93. The minimum Gasteiger partial charge on any atom is -0.486 e. The standard InChI is InChI=1S/C22H25N5O.C7H11NO.H2/c1-14-9-16(15-3-6-23-7-4-15)10-20-21(14)28-13-19-18(5-8-24-22(19)26-20)17-11-25-27(2)12-17;1-2-7(9)8-5-3-4-6-8;/h5,8-12,15,23H,3-4,6-7,13H2,1-2H3,(H,24,26);2H,1,3-6H2;1H. The van der Waals surface area contributed by atoms with E-state index < -0.39 is 0 Å². The Hall–Kier alpha value is -3.65. The van der Waals surface area contributed by atoms with Gasteiger partial charge in [0.25, 0.3) is 0 Å². The zero-order valence-corrected chi connectivity index (χ0v) is 21.8. The molecule has 2 aromatic heterocycles. The molecule has 6 rings (SSSR count). The lowest BCUT2D eigenvalue weighted by atomic mass is 9.89. The van der Waals surface area contributed by atoms with Crippen LogP contribution in [0.2, 0.25) is 0 Å². The van der Waals surface area contributed by atoms with Crippen LogP contribution in [-0.4, -0.2) is 51.8 Å². The number of nitrogens with zero attached hydrogens (tertiary/aromatic N) is 4. The number of carbonyl (C=O) groups is 1. The van der Waals surface area contributed by atoms with Gasteiger partial charge in [0.15, 0.2) is 0 Å². The maximum atomic E-state index is 10.8. The van der Waals surface area contributed by atoms with Crippen LogP contribution >= 0.6 is 0 Å². The van der Waals surface area contributed by atoms with Gasteiger partial charge >= 0.3 is 0 Å². The topological polar surface area (TPSA) is 84.3 Å². The lowest BCUT2D eigenvalue weighted by molar-refractivity contribution is -0.124. The first-order valence-corrected chi connectivity index (χ1v) is 13.2. The molecule has 8 heteroatoms. The largest absolute Gasteiger partial charge is 0.486 e. The minimum absolute atomic E-state index is 0. The molecule has 0 bridgehead atoms. The van der Waals surface area contributed by atoms with E-state index in [0.717, 1.165) is 73.0 Å². The Labute approximate surface area is 220 Å². The molecular formula is C29H38N6O2. The van der Waals surface area contributed by atoms with E-state index in [-0.39, 0.29) is 7.33 Å². The van der Waals surface area contributed by atoms with Crippen molar-refractivity contribution < 1.29 is 11.0 Å². The van der Waals surface area contributed by atoms with Gasteiger partial charge in [0, 0.05) is 45.1 Å². The zero-order chi connectivity index (χ0) is 25.8. The summed E-state index contributed by atoms with van der Waals surface area (Å²) in [6, 6.07) is 6.58. The number of ether oxygens (including phenoxy) is 1. The lowest BCUT2D eigenvalue weighted by Gasteiger charge is -2.24. The van der Waals surface area contributed by atoms with E-state index in [9.17, 15) is 4.79 Å². The summed E-state index contributed by atoms with van der Waals surface area (Å²) in [5.41, 5.74) is 6.83. The van der Waals surface area contributed by atoms with Crippen molar-refractivity contribution >= 4 is 17.4 Å². The van der Waals surface area contributed by atoms with Crippen LogP contribution in [0, 0.1) is 6.92 Å². The lowest BCUT2D eigenvalue weighted by Crippen LogP contribution is -2.26. The molecule has 2 saturated heterocycles. The summed E-state index contributed by atoms with van der Waals surface area (Å²) in [4.78, 5) is 17.3. The Morgan fingerprint density at radius 3 is 2.73 bits per heavy atom. The number of benzene rings is 1. The fourth-order valence-corrected chi connectivity index (χ4v) is 5.39. The molecule has 0 spiro atoms. The first kappa shape index (κ1) is 25.0. The summed E-state index contributed by atoms with van der Waals surface area (Å²) >= 11 is 0. The molecule has 8 nitrogen and oxygen atoms in total. The van der Waals surface area contributed by atoms with E-state index in [1.165, 1.54) is 30.0 Å². The summed E-state index contributed by atoms with van der Waals surface area (Å²) in [5.74, 6) is 2.46. The number of rotatable bonds is 3. The molecule has 3 aliphatic heterocycles. The predicted molar refractivity (Wildman–Crippen MR) is 148 cm³/mol. The van der Waals surface area contributed by atoms with Crippen LogP contribution in [0.15, 0.2) is 49.4 Å². The number of likely N-dealkylation sites (tertiary alicyclic amines) is 1. The SMILES string of the molecule is C=CC(=O)N1CCCC1.Cc1cc(C2CCNCC2)cc2c1OCc1c(-c3cnn(C)c3)ccnc1N2.[HH]. The van der Waals surface area contributed by atoms with E-state index in [1.807, 2.05) is 41.3 Å². The van der Waals surface area contributed by atoms with E-state index in [0.29, 0.717) is 12.5 Å². The van der Waals surface area contributed by atoms with Gasteiger partial charge in [-0.15, -0.1) is 0 Å². The maximum absolute atomic E-state index is 10.8.